The fourth-order valence-corrected chi connectivity index (χ4v) is 2.28. The molecule has 2 heterocycles. The Hall–Kier alpha value is -1.46. The molecule has 0 spiro atoms. The van der Waals surface area contributed by atoms with Crippen LogP contribution in [0.3, 0.4) is 0 Å². The minimum atomic E-state index is -0.493. The monoisotopic (exact) mass is 284 g/mol. The van der Waals surface area contributed by atoms with E-state index >= 15 is 0 Å². The van der Waals surface area contributed by atoms with Crippen LogP contribution in [0, 0.1) is 0 Å². The Bertz CT molecular complexity index is 366. The summed E-state index contributed by atoms with van der Waals surface area (Å²) in [7, 11) is 0. The van der Waals surface area contributed by atoms with Gasteiger partial charge in [-0.25, -0.2) is 9.59 Å². The number of hydrogen-bond acceptors (Lipinski definition) is 4. The van der Waals surface area contributed by atoms with E-state index in [1.54, 1.807) is 9.80 Å². The van der Waals surface area contributed by atoms with Gasteiger partial charge in [-0.2, -0.15) is 0 Å². The van der Waals surface area contributed by atoms with Crippen LogP contribution in [0.5, 0.6) is 0 Å². The first kappa shape index (κ1) is 14.9. The van der Waals surface area contributed by atoms with Crippen LogP contribution < -0.4 is 0 Å². The number of likely N-dealkylation sites (tertiary alicyclic amines) is 2. The van der Waals surface area contributed by atoms with E-state index in [2.05, 4.69) is 0 Å². The quantitative estimate of drug-likeness (QED) is 0.741. The van der Waals surface area contributed by atoms with Crippen LogP contribution in [0.25, 0.3) is 0 Å². The molecule has 0 radical (unpaired) electrons. The van der Waals surface area contributed by atoms with Gasteiger partial charge in [-0.1, -0.05) is 0 Å². The van der Waals surface area contributed by atoms with Gasteiger partial charge in [-0.3, -0.25) is 0 Å². The van der Waals surface area contributed by atoms with Crippen LogP contribution in [0.2, 0.25) is 0 Å². The molecule has 114 valence electrons. The molecule has 0 aromatic carbocycles. The molecule has 0 aliphatic carbocycles. The summed E-state index contributed by atoms with van der Waals surface area (Å²) >= 11 is 0. The third-order valence-corrected chi connectivity index (χ3v) is 3.38. The van der Waals surface area contributed by atoms with E-state index in [1.807, 2.05) is 20.8 Å². The summed E-state index contributed by atoms with van der Waals surface area (Å²) in [4.78, 5) is 26.9. The zero-order valence-corrected chi connectivity index (χ0v) is 12.6. The lowest BCUT2D eigenvalue weighted by Gasteiger charge is -2.39. The highest BCUT2D eigenvalue weighted by molar-refractivity contribution is 5.71. The standard InChI is InChI=1S/C14H24N2O4/c1-14(2,3)20-13(18)16-9-11(10-16)19-12(17)15-7-5-4-6-8-15/h11H,4-10H2,1-3H3. The van der Waals surface area contributed by atoms with Crippen molar-refractivity contribution in [2.45, 2.75) is 51.7 Å². The van der Waals surface area contributed by atoms with Crippen molar-refractivity contribution in [2.75, 3.05) is 26.2 Å². The summed E-state index contributed by atoms with van der Waals surface area (Å²) in [6, 6.07) is 0. The molecule has 2 aliphatic rings. The molecule has 0 N–H and O–H groups in total. The lowest BCUT2D eigenvalue weighted by molar-refractivity contribution is -0.0444. The van der Waals surface area contributed by atoms with Crippen molar-refractivity contribution in [3.63, 3.8) is 0 Å². The molecule has 0 aromatic heterocycles. The van der Waals surface area contributed by atoms with Gasteiger partial charge in [0, 0.05) is 13.1 Å². The minimum Gasteiger partial charge on any atom is -0.444 e. The third-order valence-electron chi connectivity index (χ3n) is 3.38. The smallest absolute Gasteiger partial charge is 0.410 e. The number of carbonyl (C=O) groups excluding carboxylic acids is 2. The zero-order valence-electron chi connectivity index (χ0n) is 12.6. The molecule has 6 nitrogen and oxygen atoms in total. The van der Waals surface area contributed by atoms with Crippen molar-refractivity contribution < 1.29 is 19.1 Å². The molecule has 0 saturated carbocycles. The van der Waals surface area contributed by atoms with Gasteiger partial charge in [0.05, 0.1) is 13.1 Å². The van der Waals surface area contributed by atoms with Crippen LogP contribution in [0.15, 0.2) is 0 Å². The van der Waals surface area contributed by atoms with Gasteiger partial charge >= 0.3 is 12.2 Å². The Kier molecular flexibility index (Phi) is 4.40. The number of hydrogen-bond donors (Lipinski definition) is 0. The molecule has 0 aromatic rings. The highest BCUT2D eigenvalue weighted by atomic mass is 16.6. The number of piperidine rings is 1. The summed E-state index contributed by atoms with van der Waals surface area (Å²) < 4.78 is 10.6. The normalized spacial score (nSPS) is 20.4. The summed E-state index contributed by atoms with van der Waals surface area (Å²) in [5.74, 6) is 0. The number of carbonyl (C=O) groups is 2. The largest absolute Gasteiger partial charge is 0.444 e. The molecule has 2 saturated heterocycles. The predicted molar refractivity (Wildman–Crippen MR) is 73.5 cm³/mol. The van der Waals surface area contributed by atoms with Crippen LogP contribution in [-0.4, -0.2) is 59.9 Å². The van der Waals surface area contributed by atoms with E-state index in [9.17, 15) is 9.59 Å². The first-order chi connectivity index (χ1) is 9.35. The first-order valence-corrected chi connectivity index (χ1v) is 7.28. The summed E-state index contributed by atoms with van der Waals surface area (Å²) in [6.07, 6.45) is 2.48. The van der Waals surface area contributed by atoms with Crippen LogP contribution in [0.4, 0.5) is 9.59 Å². The number of rotatable bonds is 1. The van der Waals surface area contributed by atoms with E-state index in [-0.39, 0.29) is 18.3 Å². The maximum Gasteiger partial charge on any atom is 0.410 e. The van der Waals surface area contributed by atoms with Crippen LogP contribution >= 0.6 is 0 Å². The SMILES string of the molecule is CC(C)(C)OC(=O)N1CC(OC(=O)N2CCCCC2)C1. The Morgan fingerprint density at radius 3 is 2.10 bits per heavy atom. The van der Waals surface area contributed by atoms with E-state index in [0.717, 1.165) is 25.9 Å². The van der Waals surface area contributed by atoms with Crippen molar-refractivity contribution in [1.82, 2.24) is 9.80 Å². The Morgan fingerprint density at radius 1 is 0.950 bits per heavy atom. The second kappa shape index (κ2) is 5.89. The van der Waals surface area contributed by atoms with Crippen molar-refractivity contribution >= 4 is 12.2 Å². The Balaban J connectivity index is 1.68. The second-order valence-electron chi connectivity index (χ2n) is 6.44. The Morgan fingerprint density at radius 2 is 1.55 bits per heavy atom. The van der Waals surface area contributed by atoms with Gasteiger partial charge in [-0.05, 0) is 40.0 Å². The predicted octanol–water partition coefficient (Wildman–Crippen LogP) is 2.23. The second-order valence-corrected chi connectivity index (χ2v) is 6.44. The van der Waals surface area contributed by atoms with Gasteiger partial charge in [0.2, 0.25) is 0 Å². The van der Waals surface area contributed by atoms with E-state index < -0.39 is 5.60 Å². The van der Waals surface area contributed by atoms with Crippen molar-refractivity contribution in [1.29, 1.82) is 0 Å². The van der Waals surface area contributed by atoms with Crippen molar-refractivity contribution in [3.05, 3.63) is 0 Å². The summed E-state index contributed by atoms with van der Waals surface area (Å²) in [5, 5.41) is 0. The molecule has 0 atom stereocenters. The fraction of sp³-hybridized carbons (Fsp3) is 0.857. The lowest BCUT2D eigenvalue weighted by Crippen LogP contribution is -2.57. The van der Waals surface area contributed by atoms with E-state index in [0.29, 0.717) is 13.1 Å². The number of nitrogens with zero attached hydrogens (tertiary/aromatic N) is 2. The minimum absolute atomic E-state index is 0.197. The van der Waals surface area contributed by atoms with Crippen LogP contribution in [0.1, 0.15) is 40.0 Å². The molecule has 20 heavy (non-hydrogen) atoms. The molecule has 2 fully saturated rings. The zero-order chi connectivity index (χ0) is 14.8. The average molecular weight is 284 g/mol. The van der Waals surface area contributed by atoms with Gasteiger partial charge < -0.3 is 19.3 Å². The molecule has 2 amide bonds. The van der Waals surface area contributed by atoms with E-state index in [1.165, 1.54) is 6.42 Å². The summed E-state index contributed by atoms with van der Waals surface area (Å²) in [6.45, 7) is 7.90. The molecule has 0 bridgehead atoms. The molecular weight excluding hydrogens is 260 g/mol. The number of amides is 2. The van der Waals surface area contributed by atoms with E-state index in [4.69, 9.17) is 9.47 Å². The van der Waals surface area contributed by atoms with Crippen molar-refractivity contribution in [3.8, 4) is 0 Å². The maximum absolute atomic E-state index is 11.9. The van der Waals surface area contributed by atoms with Gasteiger partial charge in [0.25, 0.3) is 0 Å². The average Bonchev–Trinajstić information content (AvgIpc) is 2.31. The molecule has 2 rings (SSSR count). The van der Waals surface area contributed by atoms with Crippen molar-refractivity contribution in [2.24, 2.45) is 0 Å². The molecule has 2 aliphatic heterocycles. The molecular formula is C14H24N2O4. The first-order valence-electron chi connectivity index (χ1n) is 7.28. The highest BCUT2D eigenvalue weighted by Crippen LogP contribution is 2.18. The highest BCUT2D eigenvalue weighted by Gasteiger charge is 2.36. The van der Waals surface area contributed by atoms with Crippen LogP contribution in [-0.2, 0) is 9.47 Å². The topological polar surface area (TPSA) is 59.1 Å². The third kappa shape index (κ3) is 4.02. The van der Waals surface area contributed by atoms with Gasteiger partial charge in [0.15, 0.2) is 0 Å². The van der Waals surface area contributed by atoms with Gasteiger partial charge in [0.1, 0.15) is 11.7 Å². The maximum atomic E-state index is 11.9. The summed E-state index contributed by atoms with van der Waals surface area (Å²) in [5.41, 5.74) is -0.493. The van der Waals surface area contributed by atoms with Gasteiger partial charge in [-0.15, -0.1) is 0 Å². The fourth-order valence-electron chi connectivity index (χ4n) is 2.28. The molecule has 6 heteroatoms. The molecule has 0 unspecified atom stereocenters. The Labute approximate surface area is 120 Å². The number of ether oxygens (including phenoxy) is 2. The lowest BCUT2D eigenvalue weighted by atomic mass is 10.1.